The van der Waals surface area contributed by atoms with Crippen molar-refractivity contribution in [1.29, 1.82) is 0 Å². The number of carbonyl (C=O) groups is 2. The number of carbonyl (C=O) groups excluding carboxylic acids is 2. The molecule has 7 nitrogen and oxygen atoms in total. The maximum Gasteiger partial charge on any atom is 0.257 e. The molecule has 0 aliphatic rings. The van der Waals surface area contributed by atoms with Crippen molar-refractivity contribution in [2.24, 2.45) is 0 Å². The van der Waals surface area contributed by atoms with Crippen LogP contribution in [0.4, 0.5) is 10.3 Å². The average Bonchev–Trinajstić information content (AvgIpc) is 3.53. The molecule has 2 heterocycles. The number of aromatic nitrogens is 2. The van der Waals surface area contributed by atoms with E-state index in [-0.39, 0.29) is 11.8 Å². The third kappa shape index (κ3) is 6.11. The van der Waals surface area contributed by atoms with Gasteiger partial charge in [-0.15, -0.1) is 0 Å². The van der Waals surface area contributed by atoms with Gasteiger partial charge in [0.25, 0.3) is 11.8 Å². The summed E-state index contributed by atoms with van der Waals surface area (Å²) < 4.78 is 7.42. The number of halogens is 4. The molecule has 0 radical (unpaired) electrons. The van der Waals surface area contributed by atoms with Gasteiger partial charge in [0.05, 0.1) is 19.4 Å². The number of amides is 2. The van der Waals surface area contributed by atoms with Gasteiger partial charge in [0.15, 0.2) is 10.3 Å². The molecule has 204 valence electrons. The van der Waals surface area contributed by atoms with Crippen molar-refractivity contribution in [3.8, 4) is 11.5 Å². The Morgan fingerprint density at radius 1 is 0.610 bits per heavy atom. The van der Waals surface area contributed by atoms with E-state index in [0.29, 0.717) is 64.0 Å². The van der Waals surface area contributed by atoms with E-state index in [0.717, 1.165) is 9.40 Å². The number of thiazole rings is 2. The van der Waals surface area contributed by atoms with Crippen molar-refractivity contribution in [2.45, 2.75) is 0 Å². The summed E-state index contributed by atoms with van der Waals surface area (Å²) in [6.07, 6.45) is 0. The van der Waals surface area contributed by atoms with Crippen LogP contribution in [0.3, 0.4) is 0 Å². The summed E-state index contributed by atoms with van der Waals surface area (Å²) in [5.41, 5.74) is 2.00. The van der Waals surface area contributed by atoms with Crippen molar-refractivity contribution in [3.05, 3.63) is 104 Å². The highest BCUT2D eigenvalue weighted by molar-refractivity contribution is 7.22. The number of ether oxygens (including phenoxy) is 1. The van der Waals surface area contributed by atoms with E-state index < -0.39 is 0 Å². The fourth-order valence-electron chi connectivity index (χ4n) is 3.84. The fraction of sp³-hybridized carbons (Fsp3) is 0. The van der Waals surface area contributed by atoms with Gasteiger partial charge < -0.3 is 4.74 Å². The van der Waals surface area contributed by atoms with E-state index in [1.54, 1.807) is 72.8 Å². The monoisotopic (exact) mass is 658 g/mol. The molecule has 2 aromatic heterocycles. The highest BCUT2D eigenvalue weighted by atomic mass is 35.5. The third-order valence-corrected chi connectivity index (χ3v) is 8.58. The normalized spacial score (nSPS) is 11.1. The smallest absolute Gasteiger partial charge is 0.257 e. The Kier molecular flexibility index (Phi) is 7.74. The molecule has 0 saturated heterocycles. The lowest BCUT2D eigenvalue weighted by Crippen LogP contribution is -2.11. The molecule has 6 aromatic rings. The van der Waals surface area contributed by atoms with E-state index in [4.69, 9.17) is 51.1 Å². The summed E-state index contributed by atoms with van der Waals surface area (Å²) in [5.74, 6) is 0.383. The summed E-state index contributed by atoms with van der Waals surface area (Å²) in [6.45, 7) is 0. The van der Waals surface area contributed by atoms with E-state index in [1.165, 1.54) is 22.7 Å². The van der Waals surface area contributed by atoms with E-state index >= 15 is 0 Å². The number of nitrogens with one attached hydrogen (secondary N) is 2. The number of benzene rings is 4. The Labute approximate surface area is 260 Å². The lowest BCUT2D eigenvalue weighted by atomic mass is 10.2. The minimum Gasteiger partial charge on any atom is -0.457 e. The largest absolute Gasteiger partial charge is 0.457 e. The van der Waals surface area contributed by atoms with Crippen molar-refractivity contribution in [3.63, 3.8) is 0 Å². The summed E-state index contributed by atoms with van der Waals surface area (Å²) in [5, 5.41) is 8.23. The summed E-state index contributed by atoms with van der Waals surface area (Å²) in [7, 11) is 0. The average molecular weight is 660 g/mol. The SMILES string of the molecule is O=C(Nc1nc2c(Cl)cc(Cl)cc2s1)c1ccc(Oc2ccc(C(=O)Nc3nc4c(Cl)cc(Cl)cc4s3)cc2)cc1. The van der Waals surface area contributed by atoms with Crippen LogP contribution in [0.25, 0.3) is 20.4 Å². The number of hydrogen-bond acceptors (Lipinski definition) is 7. The van der Waals surface area contributed by atoms with Crippen molar-refractivity contribution in [1.82, 2.24) is 9.97 Å². The second-order valence-electron chi connectivity index (χ2n) is 8.57. The quantitative estimate of drug-likeness (QED) is 0.186. The first-order chi connectivity index (χ1) is 19.7. The Bertz CT molecular complexity index is 1820. The standard InChI is InChI=1S/C28H14Cl4N4O3S2/c29-15-9-19(31)23-21(11-15)40-27(33-23)35-25(37)13-1-5-17(6-2-13)39-18-7-3-14(4-8-18)26(38)36-28-34-24-20(32)10-16(30)12-22(24)41-28/h1-12H,(H,33,35,37)(H,34,36,38). The van der Waals surface area contributed by atoms with Crippen LogP contribution in [0.15, 0.2) is 72.8 Å². The minimum absolute atomic E-state index is 0.327. The van der Waals surface area contributed by atoms with Gasteiger partial charge in [-0.3, -0.25) is 20.2 Å². The number of fused-ring (bicyclic) bond motifs is 2. The van der Waals surface area contributed by atoms with Gasteiger partial charge in [-0.25, -0.2) is 9.97 Å². The van der Waals surface area contributed by atoms with Crippen LogP contribution in [-0.2, 0) is 0 Å². The molecule has 6 rings (SSSR count). The van der Waals surface area contributed by atoms with Crippen molar-refractivity contribution >= 4 is 112 Å². The predicted molar refractivity (Wildman–Crippen MR) is 168 cm³/mol. The summed E-state index contributed by atoms with van der Waals surface area (Å²) >= 11 is 27.1. The van der Waals surface area contributed by atoms with Gasteiger partial charge >= 0.3 is 0 Å². The summed E-state index contributed by atoms with van der Waals surface area (Å²) in [4.78, 5) is 34.2. The van der Waals surface area contributed by atoms with Crippen LogP contribution >= 0.6 is 69.1 Å². The number of rotatable bonds is 6. The molecule has 13 heteroatoms. The van der Waals surface area contributed by atoms with E-state index in [2.05, 4.69) is 20.6 Å². The first-order valence-corrected chi connectivity index (χ1v) is 14.9. The molecule has 2 amide bonds. The van der Waals surface area contributed by atoms with Gasteiger partial charge in [0.2, 0.25) is 0 Å². The van der Waals surface area contributed by atoms with Crippen LogP contribution in [0.2, 0.25) is 20.1 Å². The Balaban J connectivity index is 1.08. The van der Waals surface area contributed by atoms with Gasteiger partial charge in [0, 0.05) is 21.2 Å². The number of nitrogens with zero attached hydrogens (tertiary/aromatic N) is 2. The molecule has 41 heavy (non-hydrogen) atoms. The molecule has 0 bridgehead atoms. The fourth-order valence-corrected chi connectivity index (χ4v) is 7.01. The Morgan fingerprint density at radius 3 is 1.39 bits per heavy atom. The van der Waals surface area contributed by atoms with Gasteiger partial charge in [-0.1, -0.05) is 69.1 Å². The first-order valence-electron chi connectivity index (χ1n) is 11.7. The molecule has 0 unspecified atom stereocenters. The topological polar surface area (TPSA) is 93.2 Å². The zero-order valence-electron chi connectivity index (χ0n) is 20.4. The zero-order valence-corrected chi connectivity index (χ0v) is 25.0. The Morgan fingerprint density at radius 2 is 1.00 bits per heavy atom. The molecule has 0 spiro atoms. The van der Waals surface area contributed by atoms with Gasteiger partial charge in [0.1, 0.15) is 22.5 Å². The second kappa shape index (κ2) is 11.4. The molecule has 0 aliphatic heterocycles. The second-order valence-corrected chi connectivity index (χ2v) is 12.3. The molecular weight excluding hydrogens is 646 g/mol. The van der Waals surface area contributed by atoms with Crippen molar-refractivity contribution in [2.75, 3.05) is 10.6 Å². The van der Waals surface area contributed by atoms with E-state index in [1.807, 2.05) is 0 Å². The van der Waals surface area contributed by atoms with E-state index in [9.17, 15) is 9.59 Å². The maximum atomic E-state index is 12.7. The lowest BCUT2D eigenvalue weighted by molar-refractivity contribution is 0.101. The Hall–Kier alpha value is -3.44. The molecule has 0 atom stereocenters. The van der Waals surface area contributed by atoms with Crippen LogP contribution in [0, 0.1) is 0 Å². The van der Waals surface area contributed by atoms with Crippen LogP contribution < -0.4 is 15.4 Å². The number of hydrogen-bond donors (Lipinski definition) is 2. The van der Waals surface area contributed by atoms with Gasteiger partial charge in [-0.2, -0.15) is 0 Å². The molecular formula is C28H14Cl4N4O3S2. The molecule has 2 N–H and O–H groups in total. The maximum absolute atomic E-state index is 12.7. The number of anilines is 2. The zero-order chi connectivity index (χ0) is 28.7. The predicted octanol–water partition coefficient (Wildman–Crippen LogP) is 9.82. The van der Waals surface area contributed by atoms with Crippen molar-refractivity contribution < 1.29 is 14.3 Å². The van der Waals surface area contributed by atoms with Gasteiger partial charge in [-0.05, 0) is 72.8 Å². The minimum atomic E-state index is -0.327. The third-order valence-electron chi connectivity index (χ3n) is 5.74. The molecule has 0 aliphatic carbocycles. The molecule has 0 saturated carbocycles. The summed E-state index contributed by atoms with van der Waals surface area (Å²) in [6, 6.07) is 20.0. The first kappa shape index (κ1) is 27.7. The van der Waals surface area contributed by atoms with Crippen LogP contribution in [0.5, 0.6) is 11.5 Å². The van der Waals surface area contributed by atoms with Crippen LogP contribution in [-0.4, -0.2) is 21.8 Å². The highest BCUT2D eigenvalue weighted by Gasteiger charge is 2.15. The molecule has 0 fully saturated rings. The lowest BCUT2D eigenvalue weighted by Gasteiger charge is -2.08. The highest BCUT2D eigenvalue weighted by Crippen LogP contribution is 2.35. The molecule has 4 aromatic carbocycles. The van der Waals surface area contributed by atoms with Crippen LogP contribution in [0.1, 0.15) is 20.7 Å².